The van der Waals surface area contributed by atoms with E-state index in [1.165, 1.54) is 18.2 Å². The highest BCUT2D eigenvalue weighted by Gasteiger charge is 2.06. The second-order valence-corrected chi connectivity index (χ2v) is 5.88. The molecule has 0 aliphatic carbocycles. The molecule has 2 heterocycles. The van der Waals surface area contributed by atoms with Gasteiger partial charge in [0.15, 0.2) is 5.82 Å². The Morgan fingerprint density at radius 2 is 1.73 bits per heavy atom. The predicted molar refractivity (Wildman–Crippen MR) is 108 cm³/mol. The number of benzene rings is 1. The number of ether oxygens (including phenoxy) is 1. The van der Waals surface area contributed by atoms with Gasteiger partial charge in [0.2, 0.25) is 0 Å². The van der Waals surface area contributed by atoms with E-state index in [0.717, 1.165) is 5.69 Å². The second-order valence-electron chi connectivity index (χ2n) is 5.88. The molecule has 2 amide bonds. The summed E-state index contributed by atoms with van der Waals surface area (Å²) in [4.78, 5) is 15.8. The quantitative estimate of drug-likeness (QED) is 0.396. The average Bonchev–Trinajstić information content (AvgIpc) is 2.73. The molecular weight excluding hydrogens is 396 g/mol. The number of amides is 2. The van der Waals surface area contributed by atoms with Crippen molar-refractivity contribution in [3.63, 3.8) is 0 Å². The molecule has 0 saturated carbocycles. The summed E-state index contributed by atoms with van der Waals surface area (Å²) in [5.41, 5.74) is 1.18. The molecule has 156 valence electrons. The largest absolute Gasteiger partial charge is 0.435 e. The number of anilines is 4. The number of alkyl halides is 2. The lowest BCUT2D eigenvalue weighted by Crippen LogP contribution is -2.32. The van der Waals surface area contributed by atoms with E-state index in [4.69, 9.17) is 0 Å². The third kappa shape index (κ3) is 6.86. The maximum Gasteiger partial charge on any atom is 0.387 e. The number of carbonyl (C=O) groups is 1. The van der Waals surface area contributed by atoms with Gasteiger partial charge in [-0.15, -0.1) is 10.2 Å². The van der Waals surface area contributed by atoms with Crippen molar-refractivity contribution in [1.82, 2.24) is 20.5 Å². The summed E-state index contributed by atoms with van der Waals surface area (Å²) in [5.74, 6) is 1.10. The summed E-state index contributed by atoms with van der Waals surface area (Å²) in [7, 11) is 0. The number of hydrogen-bond acceptors (Lipinski definition) is 7. The summed E-state index contributed by atoms with van der Waals surface area (Å²) in [6.07, 6.45) is 3.34. The van der Waals surface area contributed by atoms with Gasteiger partial charge >= 0.3 is 12.6 Å². The van der Waals surface area contributed by atoms with Crippen LogP contribution in [0.15, 0.2) is 60.9 Å². The number of halogens is 2. The Balaban J connectivity index is 1.38. The van der Waals surface area contributed by atoms with Crippen LogP contribution in [-0.2, 0) is 0 Å². The number of nitrogens with one attached hydrogen (secondary N) is 4. The van der Waals surface area contributed by atoms with E-state index in [1.54, 1.807) is 30.6 Å². The molecule has 0 atom stereocenters. The van der Waals surface area contributed by atoms with Gasteiger partial charge in [0.05, 0.1) is 0 Å². The number of carbonyl (C=O) groups excluding carboxylic acids is 1. The molecule has 30 heavy (non-hydrogen) atoms. The summed E-state index contributed by atoms with van der Waals surface area (Å²) < 4.78 is 28.8. The van der Waals surface area contributed by atoms with Gasteiger partial charge in [0.1, 0.15) is 11.6 Å². The zero-order chi connectivity index (χ0) is 21.2. The minimum Gasteiger partial charge on any atom is -0.435 e. The van der Waals surface area contributed by atoms with Gasteiger partial charge in [0, 0.05) is 42.9 Å². The van der Waals surface area contributed by atoms with Crippen LogP contribution in [0.5, 0.6) is 5.75 Å². The summed E-state index contributed by atoms with van der Waals surface area (Å²) in [6, 6.07) is 12.4. The highest BCUT2D eigenvalue weighted by atomic mass is 19.3. The summed E-state index contributed by atoms with van der Waals surface area (Å²) in [6.45, 7) is -2.21. The van der Waals surface area contributed by atoms with Gasteiger partial charge < -0.3 is 26.0 Å². The van der Waals surface area contributed by atoms with Crippen LogP contribution in [0.3, 0.4) is 0 Å². The third-order valence-corrected chi connectivity index (χ3v) is 3.65. The second kappa shape index (κ2) is 10.5. The van der Waals surface area contributed by atoms with Crippen molar-refractivity contribution < 1.29 is 18.3 Å². The molecular formula is C19H19F2N7O2. The lowest BCUT2D eigenvalue weighted by Gasteiger charge is -2.10. The molecule has 1 aromatic carbocycles. The fraction of sp³-hybridized carbons (Fsp3) is 0.158. The van der Waals surface area contributed by atoms with Gasteiger partial charge in [-0.3, -0.25) is 4.98 Å². The van der Waals surface area contributed by atoms with Crippen LogP contribution >= 0.6 is 0 Å². The topological polar surface area (TPSA) is 113 Å². The van der Waals surface area contributed by atoms with Crippen LogP contribution in [0, 0.1) is 0 Å². The summed E-state index contributed by atoms with van der Waals surface area (Å²) in [5, 5.41) is 19.4. The minimum absolute atomic E-state index is 0.0371. The van der Waals surface area contributed by atoms with Crippen LogP contribution < -0.4 is 26.0 Å². The zero-order valence-electron chi connectivity index (χ0n) is 15.7. The third-order valence-electron chi connectivity index (χ3n) is 3.65. The maximum absolute atomic E-state index is 12.2. The average molecular weight is 415 g/mol. The predicted octanol–water partition coefficient (Wildman–Crippen LogP) is 3.45. The molecule has 2 aromatic heterocycles. The van der Waals surface area contributed by atoms with Crippen molar-refractivity contribution in [2.24, 2.45) is 0 Å². The van der Waals surface area contributed by atoms with E-state index < -0.39 is 12.6 Å². The van der Waals surface area contributed by atoms with Gasteiger partial charge in [-0.25, -0.2) is 4.79 Å². The molecule has 4 N–H and O–H groups in total. The molecule has 3 rings (SSSR count). The Labute approximate surface area is 170 Å². The van der Waals surface area contributed by atoms with Gasteiger partial charge in [-0.05, 0) is 36.4 Å². The number of rotatable bonds is 9. The number of urea groups is 1. The van der Waals surface area contributed by atoms with Crippen LogP contribution in [0.1, 0.15) is 0 Å². The van der Waals surface area contributed by atoms with Crippen molar-refractivity contribution in [3.05, 3.63) is 60.9 Å². The van der Waals surface area contributed by atoms with Crippen molar-refractivity contribution in [3.8, 4) is 5.75 Å². The van der Waals surface area contributed by atoms with E-state index in [2.05, 4.69) is 41.2 Å². The number of pyridine rings is 1. The molecule has 0 unspecified atom stereocenters. The van der Waals surface area contributed by atoms with Crippen molar-refractivity contribution in [2.45, 2.75) is 6.61 Å². The van der Waals surface area contributed by atoms with Crippen LogP contribution in [0.25, 0.3) is 0 Å². The molecule has 0 fully saturated rings. The Hall–Kier alpha value is -4.02. The molecule has 0 saturated heterocycles. The highest BCUT2D eigenvalue weighted by Crippen LogP contribution is 2.19. The Bertz CT molecular complexity index is 943. The fourth-order valence-electron chi connectivity index (χ4n) is 2.37. The highest BCUT2D eigenvalue weighted by molar-refractivity contribution is 5.89. The first-order chi connectivity index (χ1) is 14.6. The molecule has 0 radical (unpaired) electrons. The van der Waals surface area contributed by atoms with E-state index in [-0.39, 0.29) is 5.75 Å². The molecule has 11 heteroatoms. The number of aromatic nitrogens is 3. The van der Waals surface area contributed by atoms with E-state index in [9.17, 15) is 13.6 Å². The fourth-order valence-corrected chi connectivity index (χ4v) is 2.37. The maximum atomic E-state index is 12.2. The standard InChI is InChI=1S/C19H19F2N7O2/c20-18(21)30-15-3-1-2-14(12-15)26-19(29)24-11-10-23-16-4-5-17(28-27-16)25-13-6-8-22-9-7-13/h1-9,12,18H,10-11H2,(H,23,27)(H,22,25,28)(H2,24,26,29). The minimum atomic E-state index is -2.93. The first-order valence-corrected chi connectivity index (χ1v) is 8.93. The van der Waals surface area contributed by atoms with Crippen LogP contribution in [0.2, 0.25) is 0 Å². The molecule has 0 bridgehead atoms. The van der Waals surface area contributed by atoms with Gasteiger partial charge in [0.25, 0.3) is 0 Å². The first kappa shape index (κ1) is 20.7. The monoisotopic (exact) mass is 415 g/mol. The SMILES string of the molecule is O=C(NCCNc1ccc(Nc2ccncc2)nn1)Nc1cccc(OC(F)F)c1. The normalized spacial score (nSPS) is 10.4. The van der Waals surface area contributed by atoms with Gasteiger partial charge in [-0.2, -0.15) is 8.78 Å². The Kier molecular flexibility index (Phi) is 7.25. The molecule has 3 aromatic rings. The van der Waals surface area contributed by atoms with Crippen LogP contribution in [-0.4, -0.2) is 40.9 Å². The first-order valence-electron chi connectivity index (χ1n) is 8.93. The van der Waals surface area contributed by atoms with Crippen molar-refractivity contribution in [1.29, 1.82) is 0 Å². The van der Waals surface area contributed by atoms with E-state index >= 15 is 0 Å². The molecule has 0 spiro atoms. The Morgan fingerprint density at radius 1 is 0.967 bits per heavy atom. The zero-order valence-corrected chi connectivity index (χ0v) is 15.7. The smallest absolute Gasteiger partial charge is 0.387 e. The van der Waals surface area contributed by atoms with E-state index in [0.29, 0.717) is 30.4 Å². The number of nitrogens with zero attached hydrogens (tertiary/aromatic N) is 3. The van der Waals surface area contributed by atoms with Gasteiger partial charge in [-0.1, -0.05) is 6.07 Å². The van der Waals surface area contributed by atoms with Crippen molar-refractivity contribution in [2.75, 3.05) is 29.0 Å². The number of hydrogen-bond donors (Lipinski definition) is 4. The molecule has 0 aliphatic rings. The lowest BCUT2D eigenvalue weighted by molar-refractivity contribution is -0.0497. The van der Waals surface area contributed by atoms with Crippen LogP contribution in [0.4, 0.5) is 36.6 Å². The van der Waals surface area contributed by atoms with Crippen molar-refractivity contribution >= 4 is 29.0 Å². The Morgan fingerprint density at radius 3 is 2.47 bits per heavy atom. The molecule has 0 aliphatic heterocycles. The summed E-state index contributed by atoms with van der Waals surface area (Å²) >= 11 is 0. The van der Waals surface area contributed by atoms with E-state index in [1.807, 2.05) is 12.1 Å². The lowest BCUT2D eigenvalue weighted by atomic mass is 10.3. The molecule has 9 nitrogen and oxygen atoms in total.